The first-order valence-corrected chi connectivity index (χ1v) is 9.73. The van der Waals surface area contributed by atoms with Gasteiger partial charge in [-0.1, -0.05) is 18.3 Å². The van der Waals surface area contributed by atoms with Crippen LogP contribution in [-0.2, 0) is 12.6 Å². The summed E-state index contributed by atoms with van der Waals surface area (Å²) in [5.41, 5.74) is 0. The first-order valence-electron chi connectivity index (χ1n) is 8.09. The van der Waals surface area contributed by atoms with Crippen LogP contribution in [0.4, 0.5) is 24.1 Å². The van der Waals surface area contributed by atoms with Gasteiger partial charge in [-0.2, -0.15) is 13.2 Å². The number of hydrogen-bond donors (Lipinski definition) is 0. The number of piperazine rings is 1. The van der Waals surface area contributed by atoms with Crippen LogP contribution in [0.1, 0.15) is 16.8 Å². The molecule has 146 valence electrons. The molecule has 6 nitrogen and oxygen atoms in total. The molecule has 1 aliphatic rings. The van der Waals surface area contributed by atoms with Crippen LogP contribution in [-0.4, -0.2) is 46.3 Å². The highest BCUT2D eigenvalue weighted by atomic mass is 35.5. The Labute approximate surface area is 167 Å². The van der Waals surface area contributed by atoms with E-state index in [1.54, 1.807) is 17.7 Å². The van der Waals surface area contributed by atoms with Crippen LogP contribution in [0, 0.1) is 0 Å². The highest BCUT2D eigenvalue weighted by Gasteiger charge is 2.36. The molecule has 0 N–H and O–H groups in total. The van der Waals surface area contributed by atoms with Gasteiger partial charge in [-0.15, -0.1) is 33.9 Å². The van der Waals surface area contributed by atoms with Gasteiger partial charge in [0, 0.05) is 31.1 Å². The highest BCUT2D eigenvalue weighted by Crippen LogP contribution is 2.35. The average molecular weight is 437 g/mol. The monoisotopic (exact) mass is 436 g/mol. The summed E-state index contributed by atoms with van der Waals surface area (Å²) in [5, 5.41) is 7.41. The van der Waals surface area contributed by atoms with E-state index >= 15 is 0 Å². The molecule has 0 radical (unpaired) electrons. The fraction of sp³-hybridized carbons (Fsp3) is 0.467. The molecular weight excluding hydrogens is 421 g/mol. The number of alkyl halides is 3. The Bertz CT molecular complexity index is 920. The Hall–Kier alpha value is -1.72. The van der Waals surface area contributed by atoms with Crippen molar-refractivity contribution in [2.45, 2.75) is 19.5 Å². The van der Waals surface area contributed by atoms with Crippen molar-refractivity contribution in [1.29, 1.82) is 0 Å². The van der Waals surface area contributed by atoms with E-state index in [0.717, 1.165) is 22.5 Å². The third-order valence-electron chi connectivity index (χ3n) is 4.21. The minimum Gasteiger partial charge on any atom is -0.352 e. The molecule has 4 rings (SSSR count). The van der Waals surface area contributed by atoms with Crippen LogP contribution in [0.3, 0.4) is 0 Å². The molecule has 0 aliphatic carbocycles. The fourth-order valence-electron chi connectivity index (χ4n) is 2.89. The Morgan fingerprint density at radius 3 is 2.37 bits per heavy atom. The second-order valence-corrected chi connectivity index (χ2v) is 7.92. The second kappa shape index (κ2) is 7.72. The number of hydrogen-bond acceptors (Lipinski definition) is 8. The molecule has 12 heteroatoms. The predicted molar refractivity (Wildman–Crippen MR) is 103 cm³/mol. The summed E-state index contributed by atoms with van der Waals surface area (Å²) < 4.78 is 38.1. The van der Waals surface area contributed by atoms with Crippen LogP contribution >= 0.6 is 35.1 Å². The minimum absolute atomic E-state index is 0. The SMILES string of the molecule is CCc1cc2c(N3CCN(c4nnc(C(F)(F)F)s4)CC3)ncnc2s1.Cl. The number of anilines is 2. The topological polar surface area (TPSA) is 58.0 Å². The molecule has 27 heavy (non-hydrogen) atoms. The maximum Gasteiger partial charge on any atom is 0.445 e. The number of rotatable bonds is 3. The molecule has 0 unspecified atom stereocenters. The zero-order valence-corrected chi connectivity index (χ0v) is 16.7. The molecule has 3 aromatic rings. The molecular formula is C15H16ClF3N6S2. The van der Waals surface area contributed by atoms with Gasteiger partial charge in [0.2, 0.25) is 10.1 Å². The largest absolute Gasteiger partial charge is 0.445 e. The van der Waals surface area contributed by atoms with Crippen molar-refractivity contribution in [1.82, 2.24) is 20.2 Å². The molecule has 1 saturated heterocycles. The Morgan fingerprint density at radius 2 is 1.74 bits per heavy atom. The van der Waals surface area contributed by atoms with Gasteiger partial charge in [0.05, 0.1) is 5.39 Å². The maximum atomic E-state index is 12.7. The zero-order chi connectivity index (χ0) is 18.3. The number of nitrogens with zero attached hydrogens (tertiary/aromatic N) is 6. The summed E-state index contributed by atoms with van der Waals surface area (Å²) in [4.78, 5) is 15.0. The van der Waals surface area contributed by atoms with Crippen molar-refractivity contribution in [3.63, 3.8) is 0 Å². The van der Waals surface area contributed by atoms with Gasteiger partial charge in [0.25, 0.3) is 0 Å². The maximum absolute atomic E-state index is 12.7. The molecule has 4 heterocycles. The lowest BCUT2D eigenvalue weighted by molar-refractivity contribution is -0.138. The first kappa shape index (κ1) is 20.0. The van der Waals surface area contributed by atoms with Crippen LogP contribution in [0.5, 0.6) is 0 Å². The van der Waals surface area contributed by atoms with Crippen molar-refractivity contribution in [2.75, 3.05) is 36.0 Å². The summed E-state index contributed by atoms with van der Waals surface area (Å²) >= 11 is 2.26. The molecule has 0 bridgehead atoms. The molecule has 0 saturated carbocycles. The smallest absolute Gasteiger partial charge is 0.352 e. The lowest BCUT2D eigenvalue weighted by Gasteiger charge is -2.35. The molecule has 0 spiro atoms. The average Bonchev–Trinajstić information content (AvgIpc) is 3.28. The van der Waals surface area contributed by atoms with Gasteiger partial charge >= 0.3 is 6.18 Å². The van der Waals surface area contributed by atoms with E-state index in [1.807, 2.05) is 4.90 Å². The summed E-state index contributed by atoms with van der Waals surface area (Å²) in [7, 11) is 0. The summed E-state index contributed by atoms with van der Waals surface area (Å²) in [6.07, 6.45) is -1.92. The third-order valence-corrected chi connectivity index (χ3v) is 6.43. The lowest BCUT2D eigenvalue weighted by atomic mass is 10.2. The van der Waals surface area contributed by atoms with Gasteiger partial charge in [-0.05, 0) is 12.5 Å². The highest BCUT2D eigenvalue weighted by molar-refractivity contribution is 7.18. The number of thiophene rings is 1. The molecule has 0 amide bonds. The Balaban J connectivity index is 0.00000210. The number of halogens is 4. The van der Waals surface area contributed by atoms with E-state index < -0.39 is 11.2 Å². The van der Waals surface area contributed by atoms with Crippen molar-refractivity contribution in [3.05, 3.63) is 22.3 Å². The summed E-state index contributed by atoms with van der Waals surface area (Å²) in [6.45, 7) is 4.56. The van der Waals surface area contributed by atoms with E-state index in [-0.39, 0.29) is 12.4 Å². The second-order valence-electron chi connectivity index (χ2n) is 5.84. The third kappa shape index (κ3) is 3.94. The molecule has 1 fully saturated rings. The van der Waals surface area contributed by atoms with E-state index in [0.29, 0.717) is 42.6 Å². The van der Waals surface area contributed by atoms with Crippen molar-refractivity contribution >= 4 is 56.2 Å². The van der Waals surface area contributed by atoms with Crippen LogP contribution in [0.15, 0.2) is 12.4 Å². The number of fused-ring (bicyclic) bond motifs is 1. The number of aromatic nitrogens is 4. The molecule has 0 aromatic carbocycles. The van der Waals surface area contributed by atoms with Gasteiger partial charge in [-0.3, -0.25) is 0 Å². The molecule has 1 aliphatic heterocycles. The number of aryl methyl sites for hydroxylation is 1. The predicted octanol–water partition coefficient (Wildman–Crippen LogP) is 3.87. The van der Waals surface area contributed by atoms with E-state index in [1.165, 1.54) is 4.88 Å². The zero-order valence-electron chi connectivity index (χ0n) is 14.2. The van der Waals surface area contributed by atoms with Crippen LogP contribution in [0.25, 0.3) is 10.2 Å². The standard InChI is InChI=1S/C15H15F3N6S2.ClH/c1-2-9-7-10-11(19-8-20-12(10)25-9)23-3-5-24(6-4-23)14-22-21-13(26-14)15(16,17)18;/h7-8H,2-6H2,1H3;1H. The summed E-state index contributed by atoms with van der Waals surface area (Å²) in [5.74, 6) is 0.888. The van der Waals surface area contributed by atoms with Crippen LogP contribution in [0.2, 0.25) is 0 Å². The lowest BCUT2D eigenvalue weighted by Crippen LogP contribution is -2.46. The van der Waals surface area contributed by atoms with Crippen molar-refractivity contribution in [3.8, 4) is 0 Å². The van der Waals surface area contributed by atoms with E-state index in [9.17, 15) is 13.2 Å². The first-order chi connectivity index (χ1) is 12.5. The fourth-order valence-corrected chi connectivity index (χ4v) is 4.58. The van der Waals surface area contributed by atoms with E-state index in [4.69, 9.17) is 0 Å². The van der Waals surface area contributed by atoms with Gasteiger partial charge in [0.15, 0.2) is 0 Å². The van der Waals surface area contributed by atoms with Crippen molar-refractivity contribution in [2.24, 2.45) is 0 Å². The minimum atomic E-state index is -4.44. The van der Waals surface area contributed by atoms with Gasteiger partial charge in [-0.25, -0.2) is 9.97 Å². The normalized spacial score (nSPS) is 15.3. The van der Waals surface area contributed by atoms with Crippen molar-refractivity contribution < 1.29 is 13.2 Å². The molecule has 0 atom stereocenters. The quantitative estimate of drug-likeness (QED) is 0.621. The Kier molecular flexibility index (Phi) is 5.73. The van der Waals surface area contributed by atoms with Gasteiger partial charge in [0.1, 0.15) is 17.0 Å². The Morgan fingerprint density at radius 1 is 1.04 bits per heavy atom. The van der Waals surface area contributed by atoms with E-state index in [2.05, 4.69) is 38.1 Å². The summed E-state index contributed by atoms with van der Waals surface area (Å²) in [6, 6.07) is 2.13. The van der Waals surface area contributed by atoms with Gasteiger partial charge < -0.3 is 9.80 Å². The molecule has 3 aromatic heterocycles. The van der Waals surface area contributed by atoms with Crippen LogP contribution < -0.4 is 9.80 Å².